The molecule has 29 heavy (non-hydrogen) atoms. The van der Waals surface area contributed by atoms with Crippen LogP contribution in [-0.4, -0.2) is 41.4 Å². The molecule has 3 aromatic rings. The number of rotatable bonds is 6. The minimum Gasteiger partial charge on any atom is -0.486 e. The Kier molecular flexibility index (Phi) is 5.91. The first-order valence-corrected chi connectivity index (χ1v) is 11.3. The predicted octanol–water partition coefficient (Wildman–Crippen LogP) is 3.84. The highest BCUT2D eigenvalue weighted by Gasteiger charge is 2.15. The number of thioether (sulfide) groups is 1. The van der Waals surface area contributed by atoms with Gasteiger partial charge in [0.2, 0.25) is 5.91 Å². The van der Waals surface area contributed by atoms with Gasteiger partial charge in [-0.3, -0.25) is 4.79 Å². The number of benzene rings is 1. The van der Waals surface area contributed by atoms with Gasteiger partial charge < -0.3 is 14.8 Å². The molecule has 152 valence electrons. The van der Waals surface area contributed by atoms with Gasteiger partial charge in [0.15, 0.2) is 11.5 Å². The van der Waals surface area contributed by atoms with Crippen molar-refractivity contribution in [2.24, 2.45) is 0 Å². The van der Waals surface area contributed by atoms with Crippen LogP contribution < -0.4 is 14.8 Å². The molecule has 0 saturated heterocycles. The van der Waals surface area contributed by atoms with Crippen molar-refractivity contribution in [2.45, 2.75) is 32.2 Å². The average Bonchev–Trinajstić information content (AvgIpc) is 2.99. The van der Waals surface area contributed by atoms with E-state index < -0.39 is 0 Å². The number of amides is 1. The maximum Gasteiger partial charge on any atom is 0.230 e. The fraction of sp³-hybridized carbons (Fsp3) is 0.381. The summed E-state index contributed by atoms with van der Waals surface area (Å²) in [4.78, 5) is 23.7. The number of carbonyl (C=O) groups is 1. The summed E-state index contributed by atoms with van der Waals surface area (Å²) in [6, 6.07) is 5.92. The SMILES string of the molecule is Cc1nc(SCC(=O)NCCc2ccc3c(c2)OCCO3)c2c(C)c(C)sc2n1. The highest BCUT2D eigenvalue weighted by atomic mass is 32.2. The first-order valence-electron chi connectivity index (χ1n) is 9.53. The van der Waals surface area contributed by atoms with Gasteiger partial charge in [0.05, 0.1) is 5.75 Å². The van der Waals surface area contributed by atoms with E-state index in [0.29, 0.717) is 25.5 Å². The van der Waals surface area contributed by atoms with Crippen molar-refractivity contribution in [3.63, 3.8) is 0 Å². The normalized spacial score (nSPS) is 12.9. The molecule has 1 amide bonds. The second-order valence-electron chi connectivity index (χ2n) is 6.91. The van der Waals surface area contributed by atoms with E-state index in [2.05, 4.69) is 29.1 Å². The molecule has 0 fully saturated rings. The summed E-state index contributed by atoms with van der Waals surface area (Å²) >= 11 is 3.15. The van der Waals surface area contributed by atoms with Gasteiger partial charge in [-0.25, -0.2) is 9.97 Å². The number of aromatic nitrogens is 2. The standard InChI is InChI=1S/C21H23N3O3S2/c1-12-13(2)29-21-19(12)20(23-14(3)24-21)28-11-18(25)22-7-6-15-4-5-16-17(10-15)27-9-8-26-16/h4-5,10H,6-9,11H2,1-3H3,(H,22,25). The van der Waals surface area contributed by atoms with Gasteiger partial charge >= 0.3 is 0 Å². The molecule has 0 radical (unpaired) electrons. The molecule has 2 aromatic heterocycles. The van der Waals surface area contributed by atoms with Crippen molar-refractivity contribution < 1.29 is 14.3 Å². The van der Waals surface area contributed by atoms with Crippen molar-refractivity contribution in [1.82, 2.24) is 15.3 Å². The van der Waals surface area contributed by atoms with Crippen molar-refractivity contribution >= 4 is 39.2 Å². The summed E-state index contributed by atoms with van der Waals surface area (Å²) in [5.41, 5.74) is 2.31. The lowest BCUT2D eigenvalue weighted by Gasteiger charge is -2.18. The molecule has 1 aromatic carbocycles. The first kappa shape index (κ1) is 20.0. The number of hydrogen-bond donors (Lipinski definition) is 1. The number of carbonyl (C=O) groups excluding carboxylic acids is 1. The van der Waals surface area contributed by atoms with Crippen LogP contribution in [0, 0.1) is 20.8 Å². The molecule has 8 heteroatoms. The number of nitrogens with one attached hydrogen (secondary N) is 1. The molecule has 0 spiro atoms. The molecule has 0 saturated carbocycles. The number of nitrogens with zero attached hydrogens (tertiary/aromatic N) is 2. The molecule has 1 aliphatic heterocycles. The van der Waals surface area contributed by atoms with Crippen molar-refractivity contribution in [3.8, 4) is 11.5 Å². The minimum absolute atomic E-state index is 0.00145. The molecular formula is C21H23N3O3S2. The van der Waals surface area contributed by atoms with E-state index in [1.807, 2.05) is 25.1 Å². The zero-order valence-corrected chi connectivity index (χ0v) is 18.3. The van der Waals surface area contributed by atoms with Crippen molar-refractivity contribution in [3.05, 3.63) is 40.0 Å². The van der Waals surface area contributed by atoms with Gasteiger partial charge in [-0.2, -0.15) is 0 Å². The summed E-state index contributed by atoms with van der Waals surface area (Å²) in [5, 5.41) is 4.95. The Morgan fingerprint density at radius 2 is 1.97 bits per heavy atom. The second-order valence-corrected chi connectivity index (χ2v) is 9.07. The molecule has 4 rings (SSSR count). The monoisotopic (exact) mass is 429 g/mol. The van der Waals surface area contributed by atoms with Crippen LogP contribution in [0.2, 0.25) is 0 Å². The zero-order valence-electron chi connectivity index (χ0n) is 16.7. The lowest BCUT2D eigenvalue weighted by molar-refractivity contribution is -0.118. The Labute approximate surface area is 178 Å². The van der Waals surface area contributed by atoms with Gasteiger partial charge in [0.1, 0.15) is 28.9 Å². The fourth-order valence-corrected chi connectivity index (χ4v) is 5.29. The Balaban J connectivity index is 1.32. The summed E-state index contributed by atoms with van der Waals surface area (Å²) in [6.45, 7) is 7.81. The lowest BCUT2D eigenvalue weighted by Crippen LogP contribution is -2.27. The van der Waals surface area contributed by atoms with Crippen LogP contribution >= 0.6 is 23.1 Å². The largest absolute Gasteiger partial charge is 0.486 e. The van der Waals surface area contributed by atoms with Crippen LogP contribution in [0.3, 0.4) is 0 Å². The minimum atomic E-state index is 0.00145. The van der Waals surface area contributed by atoms with Crippen LogP contribution in [0.25, 0.3) is 10.2 Å². The van der Waals surface area contributed by atoms with Crippen LogP contribution in [0.5, 0.6) is 11.5 Å². The highest BCUT2D eigenvalue weighted by Crippen LogP contribution is 2.35. The molecule has 3 heterocycles. The molecule has 1 aliphatic rings. The molecular weight excluding hydrogens is 406 g/mol. The first-order chi connectivity index (χ1) is 14.0. The van der Waals surface area contributed by atoms with E-state index in [0.717, 1.165) is 44.6 Å². The quantitative estimate of drug-likeness (QED) is 0.474. The van der Waals surface area contributed by atoms with Gasteiger partial charge in [-0.1, -0.05) is 17.8 Å². The van der Waals surface area contributed by atoms with Crippen molar-refractivity contribution in [1.29, 1.82) is 0 Å². The number of aryl methyl sites for hydroxylation is 3. The van der Waals surface area contributed by atoms with E-state index in [-0.39, 0.29) is 5.91 Å². The maximum absolute atomic E-state index is 12.3. The van der Waals surface area contributed by atoms with Gasteiger partial charge in [-0.15, -0.1) is 11.3 Å². The molecule has 0 bridgehead atoms. The number of ether oxygens (including phenoxy) is 2. The maximum atomic E-state index is 12.3. The van der Waals surface area contributed by atoms with E-state index in [1.165, 1.54) is 22.2 Å². The topological polar surface area (TPSA) is 73.3 Å². The molecule has 6 nitrogen and oxygen atoms in total. The van der Waals surface area contributed by atoms with Gasteiger partial charge in [-0.05, 0) is 50.5 Å². The average molecular weight is 430 g/mol. The Bertz CT molecular complexity index is 1060. The fourth-order valence-electron chi connectivity index (χ4n) is 3.19. The third-order valence-electron chi connectivity index (χ3n) is 4.79. The second kappa shape index (κ2) is 8.59. The van der Waals surface area contributed by atoms with Crippen LogP contribution in [-0.2, 0) is 11.2 Å². The van der Waals surface area contributed by atoms with Crippen LogP contribution in [0.15, 0.2) is 23.2 Å². The van der Waals surface area contributed by atoms with Crippen LogP contribution in [0.1, 0.15) is 21.8 Å². The smallest absolute Gasteiger partial charge is 0.230 e. The number of fused-ring (bicyclic) bond motifs is 2. The van der Waals surface area contributed by atoms with Crippen molar-refractivity contribution in [2.75, 3.05) is 25.5 Å². The lowest BCUT2D eigenvalue weighted by atomic mass is 10.1. The number of thiophene rings is 1. The Morgan fingerprint density at radius 3 is 2.79 bits per heavy atom. The number of hydrogen-bond acceptors (Lipinski definition) is 7. The highest BCUT2D eigenvalue weighted by molar-refractivity contribution is 8.00. The van der Waals surface area contributed by atoms with Gasteiger partial charge in [0, 0.05) is 16.8 Å². The summed E-state index contributed by atoms with van der Waals surface area (Å²) in [5.74, 6) is 2.63. The molecule has 0 aliphatic carbocycles. The third kappa shape index (κ3) is 4.48. The summed E-state index contributed by atoms with van der Waals surface area (Å²) in [7, 11) is 0. The molecule has 0 unspecified atom stereocenters. The third-order valence-corrected chi connectivity index (χ3v) is 6.87. The van der Waals surface area contributed by atoms with Crippen LogP contribution in [0.4, 0.5) is 0 Å². The van der Waals surface area contributed by atoms with E-state index in [9.17, 15) is 4.79 Å². The Hall–Kier alpha value is -2.32. The van der Waals surface area contributed by atoms with Gasteiger partial charge in [0.25, 0.3) is 0 Å². The van der Waals surface area contributed by atoms with E-state index in [4.69, 9.17) is 9.47 Å². The molecule has 0 atom stereocenters. The summed E-state index contributed by atoms with van der Waals surface area (Å²) in [6.07, 6.45) is 0.743. The Morgan fingerprint density at radius 1 is 1.17 bits per heavy atom. The summed E-state index contributed by atoms with van der Waals surface area (Å²) < 4.78 is 11.1. The predicted molar refractivity (Wildman–Crippen MR) is 116 cm³/mol. The molecule has 1 N–H and O–H groups in total. The zero-order chi connectivity index (χ0) is 20.4. The van der Waals surface area contributed by atoms with E-state index in [1.54, 1.807) is 11.3 Å². The van der Waals surface area contributed by atoms with E-state index >= 15 is 0 Å².